The van der Waals surface area contributed by atoms with E-state index in [1.54, 1.807) is 18.2 Å². The van der Waals surface area contributed by atoms with Crippen molar-refractivity contribution >= 4 is 18.0 Å². The van der Waals surface area contributed by atoms with Crippen LogP contribution >= 0.6 is 0 Å². The summed E-state index contributed by atoms with van der Waals surface area (Å²) in [6.45, 7) is 1.74. The lowest BCUT2D eigenvalue weighted by Crippen LogP contribution is -2.28. The SMILES string of the molecule is COc1cc(OC)c(OC)cc1CNC(=O)COC(=O)/C=C/c1ccccc1C. The normalized spacial score (nSPS) is 10.5. The van der Waals surface area contributed by atoms with Crippen molar-refractivity contribution in [3.63, 3.8) is 0 Å². The fraction of sp³-hybridized carbons (Fsp3) is 0.273. The molecule has 7 heteroatoms. The van der Waals surface area contributed by atoms with Gasteiger partial charge >= 0.3 is 5.97 Å². The van der Waals surface area contributed by atoms with Crippen molar-refractivity contribution in [3.05, 3.63) is 59.2 Å². The zero-order valence-corrected chi connectivity index (χ0v) is 17.0. The second-order valence-electron chi connectivity index (χ2n) is 6.09. The van der Waals surface area contributed by atoms with Crippen LogP contribution < -0.4 is 19.5 Å². The van der Waals surface area contributed by atoms with Crippen molar-refractivity contribution < 1.29 is 28.5 Å². The van der Waals surface area contributed by atoms with Gasteiger partial charge in [0.05, 0.1) is 21.3 Å². The van der Waals surface area contributed by atoms with Crippen LogP contribution in [0, 0.1) is 6.92 Å². The molecule has 0 radical (unpaired) electrons. The van der Waals surface area contributed by atoms with E-state index in [0.29, 0.717) is 22.8 Å². The summed E-state index contributed by atoms with van der Waals surface area (Å²) >= 11 is 0. The Hall–Kier alpha value is -3.48. The van der Waals surface area contributed by atoms with E-state index in [9.17, 15) is 9.59 Å². The Balaban J connectivity index is 1.88. The van der Waals surface area contributed by atoms with E-state index < -0.39 is 11.9 Å². The van der Waals surface area contributed by atoms with Gasteiger partial charge in [0, 0.05) is 24.3 Å². The fourth-order valence-electron chi connectivity index (χ4n) is 2.59. The first-order valence-corrected chi connectivity index (χ1v) is 8.94. The van der Waals surface area contributed by atoms with Crippen LogP contribution in [0.15, 0.2) is 42.5 Å². The van der Waals surface area contributed by atoms with Gasteiger partial charge < -0.3 is 24.3 Å². The average molecular weight is 399 g/mol. The minimum atomic E-state index is -0.591. The van der Waals surface area contributed by atoms with Crippen molar-refractivity contribution in [3.8, 4) is 17.2 Å². The van der Waals surface area contributed by atoms with Crippen LogP contribution in [-0.2, 0) is 20.9 Å². The number of hydrogen-bond donors (Lipinski definition) is 1. The molecule has 7 nitrogen and oxygen atoms in total. The molecule has 0 aliphatic heterocycles. The number of benzene rings is 2. The maximum absolute atomic E-state index is 12.0. The second-order valence-corrected chi connectivity index (χ2v) is 6.09. The summed E-state index contributed by atoms with van der Waals surface area (Å²) in [6.07, 6.45) is 2.96. The summed E-state index contributed by atoms with van der Waals surface area (Å²) in [7, 11) is 4.58. The van der Waals surface area contributed by atoms with Gasteiger partial charge in [-0.25, -0.2) is 4.79 Å². The molecule has 0 saturated carbocycles. The zero-order valence-electron chi connectivity index (χ0n) is 17.0. The molecule has 0 atom stereocenters. The monoisotopic (exact) mass is 399 g/mol. The van der Waals surface area contributed by atoms with E-state index in [2.05, 4.69) is 5.32 Å². The number of esters is 1. The third kappa shape index (κ3) is 6.27. The lowest BCUT2D eigenvalue weighted by Gasteiger charge is -2.14. The molecule has 0 fully saturated rings. The van der Waals surface area contributed by atoms with E-state index in [-0.39, 0.29) is 13.2 Å². The Bertz CT molecular complexity index is 891. The van der Waals surface area contributed by atoms with Crippen LogP contribution in [0.5, 0.6) is 17.2 Å². The molecule has 2 rings (SSSR count). The topological polar surface area (TPSA) is 83.1 Å². The van der Waals surface area contributed by atoms with E-state index in [1.165, 1.54) is 27.4 Å². The molecule has 0 heterocycles. The van der Waals surface area contributed by atoms with Crippen LogP contribution in [0.3, 0.4) is 0 Å². The van der Waals surface area contributed by atoms with Crippen molar-refractivity contribution in [2.45, 2.75) is 13.5 Å². The van der Waals surface area contributed by atoms with Crippen LogP contribution in [-0.4, -0.2) is 39.8 Å². The van der Waals surface area contributed by atoms with Gasteiger partial charge in [-0.2, -0.15) is 0 Å². The molecule has 1 N–H and O–H groups in total. The van der Waals surface area contributed by atoms with Crippen molar-refractivity contribution in [1.29, 1.82) is 0 Å². The third-order valence-corrected chi connectivity index (χ3v) is 4.20. The highest BCUT2D eigenvalue weighted by Crippen LogP contribution is 2.34. The van der Waals surface area contributed by atoms with Gasteiger partial charge in [-0.05, 0) is 30.2 Å². The van der Waals surface area contributed by atoms with Crippen LogP contribution in [0.4, 0.5) is 0 Å². The molecular weight excluding hydrogens is 374 g/mol. The second kappa shape index (κ2) is 10.8. The molecule has 154 valence electrons. The lowest BCUT2D eigenvalue weighted by atomic mass is 10.1. The summed E-state index contributed by atoms with van der Waals surface area (Å²) in [6, 6.07) is 11.0. The summed E-state index contributed by atoms with van der Waals surface area (Å²) in [5.41, 5.74) is 2.65. The molecule has 1 amide bonds. The predicted molar refractivity (Wildman–Crippen MR) is 109 cm³/mol. The summed E-state index contributed by atoms with van der Waals surface area (Å²) in [5.74, 6) is 0.562. The molecule has 0 aliphatic rings. The number of rotatable bonds is 9. The molecule has 0 saturated heterocycles. The largest absolute Gasteiger partial charge is 0.496 e. The highest BCUT2D eigenvalue weighted by atomic mass is 16.5. The highest BCUT2D eigenvalue weighted by Gasteiger charge is 2.13. The molecule has 0 aliphatic carbocycles. The third-order valence-electron chi connectivity index (χ3n) is 4.20. The number of carbonyl (C=O) groups is 2. The number of aryl methyl sites for hydroxylation is 1. The van der Waals surface area contributed by atoms with E-state index in [4.69, 9.17) is 18.9 Å². The minimum Gasteiger partial charge on any atom is -0.496 e. The molecule has 0 spiro atoms. The molecule has 0 bridgehead atoms. The highest BCUT2D eigenvalue weighted by molar-refractivity contribution is 5.89. The minimum absolute atomic E-state index is 0.180. The first-order chi connectivity index (χ1) is 14.0. The molecule has 0 aromatic heterocycles. The molecule has 29 heavy (non-hydrogen) atoms. The summed E-state index contributed by atoms with van der Waals surface area (Å²) < 4.78 is 20.8. The van der Waals surface area contributed by atoms with Gasteiger partial charge in [0.1, 0.15) is 5.75 Å². The molecule has 2 aromatic carbocycles. The first-order valence-electron chi connectivity index (χ1n) is 8.94. The number of ether oxygens (including phenoxy) is 4. The van der Waals surface area contributed by atoms with E-state index >= 15 is 0 Å². The van der Waals surface area contributed by atoms with Crippen LogP contribution in [0.25, 0.3) is 6.08 Å². The summed E-state index contributed by atoms with van der Waals surface area (Å²) in [5, 5.41) is 2.68. The molecular formula is C22H25NO6. The molecule has 0 unspecified atom stereocenters. The van der Waals surface area contributed by atoms with E-state index in [0.717, 1.165) is 11.1 Å². The summed E-state index contributed by atoms with van der Waals surface area (Å²) in [4.78, 5) is 23.8. The van der Waals surface area contributed by atoms with Crippen LogP contribution in [0.2, 0.25) is 0 Å². The predicted octanol–water partition coefficient (Wildman–Crippen LogP) is 2.89. The lowest BCUT2D eigenvalue weighted by molar-refractivity contribution is -0.143. The van der Waals surface area contributed by atoms with Gasteiger partial charge in [0.15, 0.2) is 18.1 Å². The Kier molecular flexibility index (Phi) is 8.09. The van der Waals surface area contributed by atoms with Crippen molar-refractivity contribution in [1.82, 2.24) is 5.32 Å². The van der Waals surface area contributed by atoms with Gasteiger partial charge in [0.2, 0.25) is 0 Å². The average Bonchev–Trinajstić information content (AvgIpc) is 2.74. The number of hydrogen-bond acceptors (Lipinski definition) is 6. The number of methoxy groups -OCH3 is 3. The Morgan fingerprint density at radius 2 is 1.62 bits per heavy atom. The number of amides is 1. The van der Waals surface area contributed by atoms with Crippen molar-refractivity contribution in [2.75, 3.05) is 27.9 Å². The smallest absolute Gasteiger partial charge is 0.331 e. The maximum atomic E-state index is 12.0. The maximum Gasteiger partial charge on any atom is 0.331 e. The number of nitrogens with one attached hydrogen (secondary N) is 1. The zero-order chi connectivity index (χ0) is 21.2. The standard InChI is InChI=1S/C22H25NO6/c1-15-7-5-6-8-16(15)9-10-22(25)29-14-21(24)23-13-17-11-19(27-3)20(28-4)12-18(17)26-2/h5-12H,13-14H2,1-4H3,(H,23,24)/b10-9+. The number of carbonyl (C=O) groups excluding carboxylic acids is 2. The Morgan fingerprint density at radius 3 is 2.28 bits per heavy atom. The Labute approximate surface area is 170 Å². The Morgan fingerprint density at radius 1 is 0.966 bits per heavy atom. The van der Waals surface area contributed by atoms with E-state index in [1.807, 2.05) is 31.2 Å². The van der Waals surface area contributed by atoms with Gasteiger partial charge in [-0.1, -0.05) is 24.3 Å². The van der Waals surface area contributed by atoms with Crippen LogP contribution in [0.1, 0.15) is 16.7 Å². The van der Waals surface area contributed by atoms with Gasteiger partial charge in [0.25, 0.3) is 5.91 Å². The first kappa shape index (κ1) is 21.8. The fourth-order valence-corrected chi connectivity index (χ4v) is 2.59. The van der Waals surface area contributed by atoms with Crippen molar-refractivity contribution in [2.24, 2.45) is 0 Å². The molecule has 2 aromatic rings. The quantitative estimate of drug-likeness (QED) is 0.516. The van der Waals surface area contributed by atoms with Gasteiger partial charge in [-0.3, -0.25) is 4.79 Å². The van der Waals surface area contributed by atoms with Gasteiger partial charge in [-0.15, -0.1) is 0 Å².